The van der Waals surface area contributed by atoms with Gasteiger partial charge in [-0.25, -0.2) is 4.90 Å². The van der Waals surface area contributed by atoms with Crippen molar-refractivity contribution in [1.29, 1.82) is 0 Å². The largest absolute Gasteiger partial charge is 0.459 e. The average Bonchev–Trinajstić information content (AvgIpc) is 3.44. The second-order valence-corrected chi connectivity index (χ2v) is 6.91. The monoisotopic (exact) mass is 364 g/mol. The third-order valence-electron chi connectivity index (χ3n) is 5.44. The number of fused-ring (bicyclic) bond motifs is 5. The quantitative estimate of drug-likeness (QED) is 0.656. The number of carbonyl (C=O) groups is 3. The highest BCUT2D eigenvalue weighted by Gasteiger charge is 2.67. The molecule has 2 fully saturated rings. The lowest BCUT2D eigenvalue weighted by molar-refractivity contribution is -0.126. The van der Waals surface area contributed by atoms with Crippen LogP contribution in [0.2, 0.25) is 0 Å². The van der Waals surface area contributed by atoms with Crippen LogP contribution < -0.4 is 10.2 Å². The summed E-state index contributed by atoms with van der Waals surface area (Å²) in [5.74, 6) is -1.99. The molecule has 4 heterocycles. The van der Waals surface area contributed by atoms with E-state index in [4.69, 9.17) is 9.15 Å². The Hall–Kier alpha value is -3.19. The van der Waals surface area contributed by atoms with E-state index in [0.717, 1.165) is 0 Å². The molecule has 3 aliphatic heterocycles. The molecule has 0 unspecified atom stereocenters. The summed E-state index contributed by atoms with van der Waals surface area (Å²) in [6, 6.07) is 12.0. The first-order valence-electron chi connectivity index (χ1n) is 8.72. The summed E-state index contributed by atoms with van der Waals surface area (Å²) < 4.78 is 11.1. The number of nitrogens with zero attached hydrogens (tertiary/aromatic N) is 1. The van der Waals surface area contributed by atoms with Gasteiger partial charge in [-0.2, -0.15) is 0 Å². The summed E-state index contributed by atoms with van der Waals surface area (Å²) in [6.07, 6.45) is 4.55. The van der Waals surface area contributed by atoms with E-state index in [1.165, 1.54) is 11.2 Å². The first kappa shape index (κ1) is 16.0. The summed E-state index contributed by atoms with van der Waals surface area (Å²) in [5.41, 5.74) is -0.468. The lowest BCUT2D eigenvalue weighted by Gasteiger charge is -2.28. The molecule has 7 heteroatoms. The molecule has 1 aromatic carbocycles. The molecule has 0 saturated carbocycles. The van der Waals surface area contributed by atoms with E-state index in [0.29, 0.717) is 5.69 Å². The molecule has 1 N–H and O–H groups in total. The first-order valence-corrected chi connectivity index (χ1v) is 8.72. The molecule has 136 valence electrons. The zero-order chi connectivity index (χ0) is 18.6. The molecule has 2 saturated heterocycles. The maximum atomic E-state index is 13.1. The van der Waals surface area contributed by atoms with E-state index in [9.17, 15) is 14.4 Å². The van der Waals surface area contributed by atoms with Gasteiger partial charge in [0, 0.05) is 0 Å². The molecule has 3 aliphatic rings. The molecule has 0 aliphatic carbocycles. The van der Waals surface area contributed by atoms with Crippen LogP contribution in [0.1, 0.15) is 10.6 Å². The van der Waals surface area contributed by atoms with Crippen LogP contribution in [0.5, 0.6) is 0 Å². The number of carbonyl (C=O) groups excluding carboxylic acids is 3. The van der Waals surface area contributed by atoms with Crippen molar-refractivity contribution >= 4 is 23.4 Å². The van der Waals surface area contributed by atoms with Gasteiger partial charge in [0.1, 0.15) is 5.60 Å². The Bertz CT molecular complexity index is 952. The Labute approximate surface area is 154 Å². The van der Waals surface area contributed by atoms with Crippen molar-refractivity contribution in [3.63, 3.8) is 0 Å². The van der Waals surface area contributed by atoms with Crippen LogP contribution in [0, 0.1) is 11.8 Å². The highest BCUT2D eigenvalue weighted by atomic mass is 16.5. The van der Waals surface area contributed by atoms with E-state index in [2.05, 4.69) is 5.32 Å². The second-order valence-electron chi connectivity index (χ2n) is 6.91. The van der Waals surface area contributed by atoms with Gasteiger partial charge < -0.3 is 14.5 Å². The molecule has 1 aromatic heterocycles. The lowest BCUT2D eigenvalue weighted by atomic mass is 9.77. The lowest BCUT2D eigenvalue weighted by Crippen LogP contribution is -2.48. The maximum absolute atomic E-state index is 13.1. The van der Waals surface area contributed by atoms with Crippen molar-refractivity contribution in [2.24, 2.45) is 11.8 Å². The Morgan fingerprint density at radius 3 is 2.67 bits per heavy atom. The molecule has 3 amide bonds. The summed E-state index contributed by atoms with van der Waals surface area (Å²) in [7, 11) is 0. The molecule has 5 rings (SSSR count). The van der Waals surface area contributed by atoms with Gasteiger partial charge in [0.15, 0.2) is 5.76 Å². The van der Waals surface area contributed by atoms with Gasteiger partial charge in [0.25, 0.3) is 5.91 Å². The third-order valence-corrected chi connectivity index (χ3v) is 5.44. The summed E-state index contributed by atoms with van der Waals surface area (Å²) in [5, 5.41) is 2.76. The minimum Gasteiger partial charge on any atom is -0.459 e. The summed E-state index contributed by atoms with van der Waals surface area (Å²) >= 11 is 0. The second kappa shape index (κ2) is 5.65. The predicted octanol–water partition coefficient (Wildman–Crippen LogP) is 1.52. The van der Waals surface area contributed by atoms with Crippen LogP contribution in [-0.4, -0.2) is 36.0 Å². The molecule has 2 aromatic rings. The number of para-hydroxylation sites is 1. The number of benzene rings is 1. The number of imide groups is 1. The van der Waals surface area contributed by atoms with Crippen molar-refractivity contribution in [2.45, 2.75) is 11.7 Å². The van der Waals surface area contributed by atoms with Gasteiger partial charge in [0.05, 0.1) is 36.4 Å². The highest BCUT2D eigenvalue weighted by Crippen LogP contribution is 2.52. The fourth-order valence-corrected chi connectivity index (χ4v) is 4.25. The SMILES string of the molecule is O=C(NC[C@@]12C=C[C@@H](O1)[C@H]1C(=O)N(c3ccccc3)C(=O)[C@H]12)c1ccco1. The number of hydrogen-bond acceptors (Lipinski definition) is 5. The first-order chi connectivity index (χ1) is 13.1. The molecular weight excluding hydrogens is 348 g/mol. The normalized spacial score (nSPS) is 30.8. The number of anilines is 1. The Morgan fingerprint density at radius 1 is 1.11 bits per heavy atom. The highest BCUT2D eigenvalue weighted by molar-refractivity contribution is 6.23. The van der Waals surface area contributed by atoms with Crippen LogP contribution in [-0.2, 0) is 14.3 Å². The van der Waals surface area contributed by atoms with E-state index < -0.39 is 29.4 Å². The number of nitrogens with one attached hydrogen (secondary N) is 1. The van der Waals surface area contributed by atoms with Crippen molar-refractivity contribution in [3.8, 4) is 0 Å². The predicted molar refractivity (Wildman–Crippen MR) is 93.7 cm³/mol. The number of furan rings is 1. The summed E-state index contributed by atoms with van der Waals surface area (Å²) in [4.78, 5) is 39.5. The fraction of sp³-hybridized carbons (Fsp3) is 0.250. The average molecular weight is 364 g/mol. The smallest absolute Gasteiger partial charge is 0.287 e. The van der Waals surface area contributed by atoms with E-state index in [-0.39, 0.29) is 24.1 Å². The van der Waals surface area contributed by atoms with Gasteiger partial charge in [-0.15, -0.1) is 0 Å². The van der Waals surface area contributed by atoms with Crippen molar-refractivity contribution in [3.05, 3.63) is 66.6 Å². The van der Waals surface area contributed by atoms with E-state index >= 15 is 0 Å². The number of hydrogen-bond donors (Lipinski definition) is 1. The van der Waals surface area contributed by atoms with Crippen molar-refractivity contribution in [1.82, 2.24) is 5.32 Å². The summed E-state index contributed by atoms with van der Waals surface area (Å²) in [6.45, 7) is 0.0857. The fourth-order valence-electron chi connectivity index (χ4n) is 4.25. The van der Waals surface area contributed by atoms with Crippen LogP contribution in [0.15, 0.2) is 65.3 Å². The van der Waals surface area contributed by atoms with Gasteiger partial charge in [-0.1, -0.05) is 30.4 Å². The molecule has 27 heavy (non-hydrogen) atoms. The van der Waals surface area contributed by atoms with Crippen molar-refractivity contribution in [2.75, 3.05) is 11.4 Å². The van der Waals surface area contributed by atoms with Crippen LogP contribution in [0.3, 0.4) is 0 Å². The van der Waals surface area contributed by atoms with E-state index in [1.807, 2.05) is 6.07 Å². The molecule has 7 nitrogen and oxygen atoms in total. The van der Waals surface area contributed by atoms with Gasteiger partial charge in [-0.3, -0.25) is 14.4 Å². The third kappa shape index (κ3) is 2.21. The number of ether oxygens (including phenoxy) is 1. The van der Waals surface area contributed by atoms with Gasteiger partial charge in [-0.05, 0) is 24.3 Å². The zero-order valence-electron chi connectivity index (χ0n) is 14.2. The Balaban J connectivity index is 1.42. The van der Waals surface area contributed by atoms with Gasteiger partial charge >= 0.3 is 0 Å². The van der Waals surface area contributed by atoms with Crippen LogP contribution >= 0.6 is 0 Å². The maximum Gasteiger partial charge on any atom is 0.287 e. The Morgan fingerprint density at radius 2 is 1.93 bits per heavy atom. The molecule has 0 spiro atoms. The van der Waals surface area contributed by atoms with Crippen LogP contribution in [0.4, 0.5) is 5.69 Å². The Kier molecular flexibility index (Phi) is 3.35. The molecule has 4 atom stereocenters. The number of amides is 3. The topological polar surface area (TPSA) is 88.9 Å². The minimum atomic E-state index is -1.02. The number of rotatable bonds is 4. The standard InChI is InChI=1S/C20H16N2O5/c23-17(14-7-4-10-26-14)21-11-20-9-8-13(27-20)15-16(20)19(25)22(18(15)24)12-5-2-1-3-6-12/h1-10,13,15-16H,11H2,(H,21,23)/t13-,15-,16+,20-/m1/s1. The molecule has 2 bridgehead atoms. The zero-order valence-corrected chi connectivity index (χ0v) is 14.2. The van der Waals surface area contributed by atoms with Crippen LogP contribution in [0.25, 0.3) is 0 Å². The van der Waals surface area contributed by atoms with Crippen molar-refractivity contribution < 1.29 is 23.5 Å². The molecule has 0 radical (unpaired) electrons. The molecular formula is C20H16N2O5. The van der Waals surface area contributed by atoms with E-state index in [1.54, 1.807) is 48.6 Å². The van der Waals surface area contributed by atoms with Gasteiger partial charge in [0.2, 0.25) is 11.8 Å². The minimum absolute atomic E-state index is 0.0857.